The molecule has 7 heteroatoms. The number of furan rings is 1. The summed E-state index contributed by atoms with van der Waals surface area (Å²) in [5, 5.41) is 0. The Balaban J connectivity index is 1.56. The SMILES string of the molecule is COc1ccc2c(c1)[C@@]1(SCCN1C(=O)c1ccco1)C(=O)N2Cc1ccc(C(C)(C)C)cc1. The number of carbonyl (C=O) groups excluding carboxylic acids is 2. The third-order valence-electron chi connectivity index (χ3n) is 6.54. The van der Waals surface area contributed by atoms with Gasteiger partial charge in [0.2, 0.25) is 0 Å². The second-order valence-electron chi connectivity index (χ2n) is 9.65. The third kappa shape index (κ3) is 3.50. The molecule has 2 aromatic carbocycles. The van der Waals surface area contributed by atoms with Gasteiger partial charge in [-0.3, -0.25) is 9.59 Å². The van der Waals surface area contributed by atoms with Crippen molar-refractivity contribution in [1.82, 2.24) is 4.90 Å². The van der Waals surface area contributed by atoms with E-state index >= 15 is 0 Å². The van der Waals surface area contributed by atoms with Gasteiger partial charge < -0.3 is 19.0 Å². The van der Waals surface area contributed by atoms with Crippen LogP contribution in [0.25, 0.3) is 0 Å². The topological polar surface area (TPSA) is 63.0 Å². The fraction of sp³-hybridized carbons (Fsp3) is 0.333. The molecule has 3 aromatic rings. The first-order chi connectivity index (χ1) is 16.3. The monoisotopic (exact) mass is 476 g/mol. The Morgan fingerprint density at radius 1 is 1.15 bits per heavy atom. The quantitative estimate of drug-likeness (QED) is 0.520. The number of ether oxygens (including phenoxy) is 1. The molecule has 1 aromatic heterocycles. The van der Waals surface area contributed by atoms with Crippen molar-refractivity contribution in [3.63, 3.8) is 0 Å². The van der Waals surface area contributed by atoms with Crippen molar-refractivity contribution in [3.05, 3.63) is 83.3 Å². The lowest BCUT2D eigenvalue weighted by molar-refractivity contribution is -0.123. The highest BCUT2D eigenvalue weighted by atomic mass is 32.2. The number of amides is 2. The van der Waals surface area contributed by atoms with Crippen LogP contribution in [0.4, 0.5) is 5.69 Å². The molecule has 0 aliphatic carbocycles. The van der Waals surface area contributed by atoms with Crippen molar-refractivity contribution in [1.29, 1.82) is 0 Å². The second kappa shape index (κ2) is 8.24. The molecule has 0 N–H and O–H groups in total. The molecular formula is C27H28N2O4S. The summed E-state index contributed by atoms with van der Waals surface area (Å²) in [6, 6.07) is 17.4. The minimum absolute atomic E-state index is 0.0579. The Morgan fingerprint density at radius 2 is 1.91 bits per heavy atom. The highest BCUT2D eigenvalue weighted by Crippen LogP contribution is 2.55. The van der Waals surface area contributed by atoms with Gasteiger partial charge in [-0.05, 0) is 46.9 Å². The highest BCUT2D eigenvalue weighted by molar-refractivity contribution is 8.01. The Bertz CT molecular complexity index is 1230. The zero-order valence-electron chi connectivity index (χ0n) is 19.8. The number of carbonyl (C=O) groups is 2. The summed E-state index contributed by atoms with van der Waals surface area (Å²) in [4.78, 5) is 29.8. The summed E-state index contributed by atoms with van der Waals surface area (Å²) < 4.78 is 10.9. The summed E-state index contributed by atoms with van der Waals surface area (Å²) in [6.45, 7) is 7.43. The number of anilines is 1. The highest BCUT2D eigenvalue weighted by Gasteiger charge is 2.60. The van der Waals surface area contributed by atoms with Crippen LogP contribution in [0.2, 0.25) is 0 Å². The Hall–Kier alpha value is -3.19. The Kier molecular flexibility index (Phi) is 5.47. The smallest absolute Gasteiger partial charge is 0.291 e. The lowest BCUT2D eigenvalue weighted by Crippen LogP contribution is -2.50. The van der Waals surface area contributed by atoms with Crippen LogP contribution >= 0.6 is 11.8 Å². The maximum Gasteiger partial charge on any atom is 0.291 e. The van der Waals surface area contributed by atoms with Gasteiger partial charge in [0.15, 0.2) is 10.6 Å². The number of benzene rings is 2. The zero-order chi connectivity index (χ0) is 24.1. The molecule has 34 heavy (non-hydrogen) atoms. The van der Waals surface area contributed by atoms with E-state index in [4.69, 9.17) is 9.15 Å². The van der Waals surface area contributed by atoms with Crippen LogP contribution in [-0.4, -0.2) is 36.1 Å². The molecule has 6 nitrogen and oxygen atoms in total. The first kappa shape index (κ1) is 22.6. The molecule has 176 valence electrons. The molecule has 2 amide bonds. The van der Waals surface area contributed by atoms with Gasteiger partial charge in [-0.15, -0.1) is 11.8 Å². The second-order valence-corrected chi connectivity index (χ2v) is 10.9. The van der Waals surface area contributed by atoms with Gasteiger partial charge in [0.25, 0.3) is 11.8 Å². The molecule has 0 unspecified atom stereocenters. The van der Waals surface area contributed by atoms with Gasteiger partial charge in [0, 0.05) is 17.9 Å². The van der Waals surface area contributed by atoms with Crippen LogP contribution < -0.4 is 9.64 Å². The van der Waals surface area contributed by atoms with E-state index in [0.717, 1.165) is 16.8 Å². The van der Waals surface area contributed by atoms with Gasteiger partial charge in [-0.2, -0.15) is 0 Å². The van der Waals surface area contributed by atoms with Crippen molar-refractivity contribution in [2.24, 2.45) is 0 Å². The van der Waals surface area contributed by atoms with E-state index in [1.165, 1.54) is 23.6 Å². The molecule has 2 aliphatic rings. The Labute approximate surface area is 203 Å². The molecule has 1 spiro atoms. The maximum atomic E-state index is 14.1. The summed E-state index contributed by atoms with van der Waals surface area (Å²) in [5.74, 6) is 1.14. The van der Waals surface area contributed by atoms with Gasteiger partial charge >= 0.3 is 0 Å². The number of thioether (sulfide) groups is 1. The first-order valence-electron chi connectivity index (χ1n) is 11.3. The molecule has 1 atom stereocenters. The summed E-state index contributed by atoms with van der Waals surface area (Å²) in [7, 11) is 1.60. The van der Waals surface area contributed by atoms with Crippen molar-refractivity contribution >= 4 is 29.3 Å². The number of hydrogen-bond donors (Lipinski definition) is 0. The zero-order valence-corrected chi connectivity index (χ0v) is 20.6. The predicted molar refractivity (Wildman–Crippen MR) is 133 cm³/mol. The molecule has 0 bridgehead atoms. The normalized spacial score (nSPS) is 19.7. The minimum atomic E-state index is -1.14. The van der Waals surface area contributed by atoms with E-state index in [1.54, 1.807) is 29.0 Å². The molecular weight excluding hydrogens is 448 g/mol. The van der Waals surface area contributed by atoms with Crippen molar-refractivity contribution < 1.29 is 18.7 Å². The van der Waals surface area contributed by atoms with Crippen molar-refractivity contribution in [2.75, 3.05) is 24.3 Å². The third-order valence-corrected chi connectivity index (χ3v) is 7.96. The number of hydrogen-bond acceptors (Lipinski definition) is 5. The lowest BCUT2D eigenvalue weighted by atomic mass is 9.87. The lowest BCUT2D eigenvalue weighted by Gasteiger charge is -2.32. The molecule has 1 saturated heterocycles. The van der Waals surface area contributed by atoms with E-state index in [0.29, 0.717) is 24.6 Å². The number of methoxy groups -OCH3 is 1. The Morgan fingerprint density at radius 3 is 2.56 bits per heavy atom. The minimum Gasteiger partial charge on any atom is -0.497 e. The summed E-state index contributed by atoms with van der Waals surface area (Å²) in [5.41, 5.74) is 3.92. The average molecular weight is 477 g/mol. The number of fused-ring (bicyclic) bond motifs is 2. The van der Waals surface area contributed by atoms with Crippen LogP contribution in [0.3, 0.4) is 0 Å². The van der Waals surface area contributed by atoms with Crippen molar-refractivity contribution in [3.8, 4) is 5.75 Å². The number of nitrogens with zero attached hydrogens (tertiary/aromatic N) is 2. The van der Waals surface area contributed by atoms with Crippen LogP contribution in [0, 0.1) is 0 Å². The summed E-state index contributed by atoms with van der Waals surface area (Å²) >= 11 is 1.49. The predicted octanol–water partition coefficient (Wildman–Crippen LogP) is 5.17. The van der Waals surface area contributed by atoms with Crippen LogP contribution in [0.1, 0.15) is 48.0 Å². The maximum absolute atomic E-state index is 14.1. The molecule has 3 heterocycles. The first-order valence-corrected chi connectivity index (χ1v) is 12.3. The fourth-order valence-corrected chi connectivity index (χ4v) is 6.16. The standard InChI is InChI=1S/C27H28N2O4S/c1-26(2,3)19-9-7-18(8-10-19)17-28-22-12-11-20(32-4)16-21(22)27(25(28)31)29(13-15-34-27)24(30)23-6-5-14-33-23/h5-12,14,16H,13,15,17H2,1-4H3/t27-/m1/s1. The fourth-order valence-electron chi connectivity index (χ4n) is 4.70. The molecule has 0 saturated carbocycles. The largest absolute Gasteiger partial charge is 0.497 e. The molecule has 5 rings (SSSR count). The summed E-state index contributed by atoms with van der Waals surface area (Å²) in [6.07, 6.45) is 1.48. The van der Waals surface area contributed by atoms with Crippen LogP contribution in [0.15, 0.2) is 65.3 Å². The average Bonchev–Trinajstić information content (AvgIpc) is 3.56. The van der Waals surface area contributed by atoms with Gasteiger partial charge in [0.05, 0.1) is 25.6 Å². The van der Waals surface area contributed by atoms with Gasteiger partial charge in [0.1, 0.15) is 5.75 Å². The molecule has 0 radical (unpaired) electrons. The van der Waals surface area contributed by atoms with Gasteiger partial charge in [-0.1, -0.05) is 45.0 Å². The van der Waals surface area contributed by atoms with Crippen molar-refractivity contribution in [2.45, 2.75) is 37.6 Å². The van der Waals surface area contributed by atoms with E-state index in [2.05, 4.69) is 45.0 Å². The van der Waals surface area contributed by atoms with E-state index in [9.17, 15) is 9.59 Å². The van der Waals surface area contributed by atoms with Gasteiger partial charge in [-0.25, -0.2) is 0 Å². The molecule has 1 fully saturated rings. The van der Waals surface area contributed by atoms with Crippen LogP contribution in [0.5, 0.6) is 5.75 Å². The van der Waals surface area contributed by atoms with Crippen LogP contribution in [-0.2, 0) is 21.6 Å². The van der Waals surface area contributed by atoms with E-state index < -0.39 is 4.87 Å². The number of rotatable bonds is 4. The van der Waals surface area contributed by atoms with E-state index in [-0.39, 0.29) is 23.0 Å². The van der Waals surface area contributed by atoms with E-state index in [1.807, 2.05) is 18.2 Å². The molecule has 2 aliphatic heterocycles.